The standard InChI is InChI=1S/C19H22ClN/c20-17-9-3-5-14(11-17)12-18(21)13-16-8-4-7-15-6-1-2-10-19(15)16/h1-3,5-6,9-11,16,18H,4,7-8,12-13,21H2. The van der Waals surface area contributed by atoms with Crippen LogP contribution in [0.2, 0.25) is 5.02 Å². The monoisotopic (exact) mass is 299 g/mol. The molecule has 2 unspecified atom stereocenters. The second-order valence-corrected chi connectivity index (χ2v) is 6.55. The summed E-state index contributed by atoms with van der Waals surface area (Å²) in [7, 11) is 0. The van der Waals surface area contributed by atoms with Crippen molar-refractivity contribution >= 4 is 11.6 Å². The fraction of sp³-hybridized carbons (Fsp3) is 0.368. The molecule has 0 saturated heterocycles. The van der Waals surface area contributed by atoms with Gasteiger partial charge in [-0.1, -0.05) is 48.0 Å². The maximum atomic E-state index is 6.40. The molecule has 1 aliphatic carbocycles. The normalized spacial score (nSPS) is 19.0. The van der Waals surface area contributed by atoms with Gasteiger partial charge in [-0.3, -0.25) is 0 Å². The summed E-state index contributed by atoms with van der Waals surface area (Å²) in [5.74, 6) is 0.615. The van der Waals surface area contributed by atoms with Crippen LogP contribution in [0.25, 0.3) is 0 Å². The van der Waals surface area contributed by atoms with Crippen molar-refractivity contribution in [1.82, 2.24) is 0 Å². The summed E-state index contributed by atoms with van der Waals surface area (Å²) in [5, 5.41) is 0.794. The van der Waals surface area contributed by atoms with Crippen molar-refractivity contribution in [3.05, 3.63) is 70.2 Å². The molecule has 0 heterocycles. The van der Waals surface area contributed by atoms with Crippen LogP contribution in [0.5, 0.6) is 0 Å². The maximum absolute atomic E-state index is 6.40. The van der Waals surface area contributed by atoms with Crippen LogP contribution in [0.1, 0.15) is 41.9 Å². The number of hydrogen-bond acceptors (Lipinski definition) is 1. The van der Waals surface area contributed by atoms with E-state index in [0.29, 0.717) is 5.92 Å². The molecule has 0 amide bonds. The number of halogens is 1. The number of fused-ring (bicyclic) bond motifs is 1. The lowest BCUT2D eigenvalue weighted by Crippen LogP contribution is -2.26. The van der Waals surface area contributed by atoms with E-state index in [1.165, 1.54) is 36.0 Å². The minimum Gasteiger partial charge on any atom is -0.327 e. The first-order valence-electron chi connectivity index (χ1n) is 7.80. The molecular weight excluding hydrogens is 278 g/mol. The summed E-state index contributed by atoms with van der Waals surface area (Å²) in [4.78, 5) is 0. The van der Waals surface area contributed by atoms with Gasteiger partial charge in [0.05, 0.1) is 0 Å². The highest BCUT2D eigenvalue weighted by Crippen LogP contribution is 2.34. The molecule has 2 aromatic carbocycles. The average molecular weight is 300 g/mol. The minimum absolute atomic E-state index is 0.194. The third-order valence-electron chi connectivity index (χ3n) is 4.47. The topological polar surface area (TPSA) is 26.0 Å². The van der Waals surface area contributed by atoms with Crippen molar-refractivity contribution in [2.45, 2.75) is 44.1 Å². The fourth-order valence-electron chi connectivity index (χ4n) is 3.51. The number of nitrogens with two attached hydrogens (primary N) is 1. The van der Waals surface area contributed by atoms with Gasteiger partial charge in [0.2, 0.25) is 0 Å². The molecule has 2 aromatic rings. The Balaban J connectivity index is 1.67. The Kier molecular flexibility index (Phi) is 4.62. The molecule has 21 heavy (non-hydrogen) atoms. The Labute approximate surface area is 132 Å². The van der Waals surface area contributed by atoms with E-state index >= 15 is 0 Å². The first-order valence-corrected chi connectivity index (χ1v) is 8.18. The van der Waals surface area contributed by atoms with Gasteiger partial charge in [-0.05, 0) is 66.8 Å². The van der Waals surface area contributed by atoms with Crippen molar-refractivity contribution in [3.8, 4) is 0 Å². The average Bonchev–Trinajstić information content (AvgIpc) is 2.47. The van der Waals surface area contributed by atoms with E-state index in [4.69, 9.17) is 17.3 Å². The van der Waals surface area contributed by atoms with Gasteiger partial charge in [0.15, 0.2) is 0 Å². The van der Waals surface area contributed by atoms with Crippen LogP contribution in [0.4, 0.5) is 0 Å². The van der Waals surface area contributed by atoms with Gasteiger partial charge in [0.1, 0.15) is 0 Å². The van der Waals surface area contributed by atoms with Crippen LogP contribution in [-0.4, -0.2) is 6.04 Å². The van der Waals surface area contributed by atoms with Gasteiger partial charge in [0, 0.05) is 11.1 Å². The Morgan fingerprint density at radius 3 is 2.86 bits per heavy atom. The molecule has 0 radical (unpaired) electrons. The predicted molar refractivity (Wildman–Crippen MR) is 89.9 cm³/mol. The highest BCUT2D eigenvalue weighted by atomic mass is 35.5. The predicted octanol–water partition coefficient (Wildman–Crippen LogP) is 4.72. The molecule has 0 spiro atoms. The lowest BCUT2D eigenvalue weighted by Gasteiger charge is -2.27. The molecule has 0 bridgehead atoms. The summed E-state index contributed by atoms with van der Waals surface area (Å²) in [6, 6.07) is 17.1. The molecule has 0 aromatic heterocycles. The summed E-state index contributed by atoms with van der Waals surface area (Å²) in [6.45, 7) is 0. The van der Waals surface area contributed by atoms with Crippen LogP contribution >= 0.6 is 11.6 Å². The smallest absolute Gasteiger partial charge is 0.0408 e. The molecule has 1 nitrogen and oxygen atoms in total. The SMILES string of the molecule is NC(Cc1cccc(Cl)c1)CC1CCCc2ccccc21. The number of rotatable bonds is 4. The summed E-state index contributed by atoms with van der Waals surface area (Å²) < 4.78 is 0. The summed E-state index contributed by atoms with van der Waals surface area (Å²) in [6.07, 6.45) is 5.73. The first-order chi connectivity index (χ1) is 10.2. The number of hydrogen-bond donors (Lipinski definition) is 1. The third-order valence-corrected chi connectivity index (χ3v) is 4.70. The van der Waals surface area contributed by atoms with Crippen molar-refractivity contribution in [2.75, 3.05) is 0 Å². The Morgan fingerprint density at radius 1 is 1.14 bits per heavy atom. The lowest BCUT2D eigenvalue weighted by atomic mass is 9.79. The third kappa shape index (κ3) is 3.66. The summed E-state index contributed by atoms with van der Waals surface area (Å²) >= 11 is 6.05. The molecule has 2 N–H and O–H groups in total. The minimum atomic E-state index is 0.194. The van der Waals surface area contributed by atoms with E-state index in [2.05, 4.69) is 30.3 Å². The molecule has 2 heteroatoms. The Bertz CT molecular complexity index is 608. The zero-order chi connectivity index (χ0) is 14.7. The van der Waals surface area contributed by atoms with Crippen LogP contribution in [0, 0.1) is 0 Å². The zero-order valence-electron chi connectivity index (χ0n) is 12.3. The van der Waals surface area contributed by atoms with Crippen LogP contribution in [0.15, 0.2) is 48.5 Å². The fourth-order valence-corrected chi connectivity index (χ4v) is 3.73. The van der Waals surface area contributed by atoms with Crippen molar-refractivity contribution < 1.29 is 0 Å². The summed E-state index contributed by atoms with van der Waals surface area (Å²) in [5.41, 5.74) is 10.7. The lowest BCUT2D eigenvalue weighted by molar-refractivity contribution is 0.466. The Hall–Kier alpha value is -1.31. The largest absolute Gasteiger partial charge is 0.327 e. The van der Waals surface area contributed by atoms with Crippen molar-refractivity contribution in [2.24, 2.45) is 5.73 Å². The van der Waals surface area contributed by atoms with E-state index in [-0.39, 0.29) is 6.04 Å². The molecule has 1 aliphatic rings. The van der Waals surface area contributed by atoms with Gasteiger partial charge >= 0.3 is 0 Å². The van der Waals surface area contributed by atoms with Gasteiger partial charge < -0.3 is 5.73 Å². The molecule has 0 fully saturated rings. The first kappa shape index (κ1) is 14.6. The van der Waals surface area contributed by atoms with E-state index in [1.807, 2.05) is 18.2 Å². The Morgan fingerprint density at radius 2 is 2.00 bits per heavy atom. The number of aryl methyl sites for hydroxylation is 1. The zero-order valence-corrected chi connectivity index (χ0v) is 13.0. The maximum Gasteiger partial charge on any atom is 0.0408 e. The van der Waals surface area contributed by atoms with Gasteiger partial charge in [-0.25, -0.2) is 0 Å². The molecular formula is C19H22ClN. The van der Waals surface area contributed by atoms with E-state index in [0.717, 1.165) is 17.9 Å². The van der Waals surface area contributed by atoms with E-state index < -0.39 is 0 Å². The molecule has 0 aliphatic heterocycles. The van der Waals surface area contributed by atoms with Gasteiger partial charge in [0.25, 0.3) is 0 Å². The molecule has 0 saturated carbocycles. The van der Waals surface area contributed by atoms with Crippen LogP contribution < -0.4 is 5.73 Å². The van der Waals surface area contributed by atoms with Crippen LogP contribution in [-0.2, 0) is 12.8 Å². The second kappa shape index (κ2) is 6.64. The number of benzene rings is 2. The van der Waals surface area contributed by atoms with Gasteiger partial charge in [-0.2, -0.15) is 0 Å². The van der Waals surface area contributed by atoms with E-state index in [9.17, 15) is 0 Å². The second-order valence-electron chi connectivity index (χ2n) is 6.12. The van der Waals surface area contributed by atoms with Gasteiger partial charge in [-0.15, -0.1) is 0 Å². The highest BCUT2D eigenvalue weighted by Gasteiger charge is 2.21. The van der Waals surface area contributed by atoms with Crippen molar-refractivity contribution in [3.63, 3.8) is 0 Å². The molecule has 110 valence electrons. The van der Waals surface area contributed by atoms with Crippen molar-refractivity contribution in [1.29, 1.82) is 0 Å². The van der Waals surface area contributed by atoms with Crippen LogP contribution in [0.3, 0.4) is 0 Å². The molecule has 2 atom stereocenters. The molecule has 3 rings (SSSR count). The highest BCUT2D eigenvalue weighted by molar-refractivity contribution is 6.30. The van der Waals surface area contributed by atoms with E-state index in [1.54, 1.807) is 0 Å². The quantitative estimate of drug-likeness (QED) is 0.868.